The van der Waals surface area contributed by atoms with Gasteiger partial charge < -0.3 is 29.6 Å². The summed E-state index contributed by atoms with van der Waals surface area (Å²) in [7, 11) is 0.108. The van der Waals surface area contributed by atoms with E-state index in [1.165, 1.54) is 0 Å². The number of ether oxygens (including phenoxy) is 2. The zero-order chi connectivity index (χ0) is 20.9. The van der Waals surface area contributed by atoms with Crippen LogP contribution in [0.4, 0.5) is 0 Å². The molecule has 3 N–H and O–H groups in total. The van der Waals surface area contributed by atoms with Crippen LogP contribution in [0.3, 0.4) is 0 Å². The average molecular weight is 419 g/mol. The summed E-state index contributed by atoms with van der Waals surface area (Å²) >= 11 is 0. The molecule has 2 aromatic rings. The zero-order valence-electron chi connectivity index (χ0n) is 16.2. The molecule has 156 valence electrons. The number of rotatable bonds is 8. The topological polar surface area (TPSA) is 105 Å². The fraction of sp³-hybridized carbons (Fsp3) is 0.381. The summed E-state index contributed by atoms with van der Waals surface area (Å²) in [4.78, 5) is 11.1. The van der Waals surface area contributed by atoms with Crippen LogP contribution < -0.4 is 10.1 Å². The van der Waals surface area contributed by atoms with Crippen LogP contribution >= 0.6 is 8.46 Å². The normalized spacial score (nSPS) is 21.7. The van der Waals surface area contributed by atoms with E-state index in [4.69, 9.17) is 14.6 Å². The fourth-order valence-corrected chi connectivity index (χ4v) is 4.18. The molecule has 0 amide bonds. The Kier molecular flexibility index (Phi) is 7.09. The van der Waals surface area contributed by atoms with Crippen LogP contribution in [0, 0.1) is 0 Å². The van der Waals surface area contributed by atoms with Gasteiger partial charge in [0, 0.05) is 19.0 Å². The minimum absolute atomic E-state index is 0.0119. The lowest BCUT2D eigenvalue weighted by atomic mass is 9.99. The molecular formula is C21H26NO6P. The van der Waals surface area contributed by atoms with E-state index in [1.54, 1.807) is 37.4 Å². The lowest BCUT2D eigenvalue weighted by Gasteiger charge is -2.38. The predicted octanol–water partition coefficient (Wildman–Crippen LogP) is 1.98. The molecule has 0 spiro atoms. The van der Waals surface area contributed by atoms with Crippen molar-refractivity contribution in [3.63, 3.8) is 0 Å². The molecule has 1 aliphatic heterocycles. The molecule has 1 aliphatic rings. The van der Waals surface area contributed by atoms with Crippen LogP contribution in [0.2, 0.25) is 0 Å². The van der Waals surface area contributed by atoms with Crippen molar-refractivity contribution in [3.8, 4) is 5.75 Å². The average Bonchev–Trinajstić information content (AvgIpc) is 2.75. The molecule has 0 aromatic heterocycles. The van der Waals surface area contributed by atoms with E-state index in [-0.39, 0.29) is 18.0 Å². The number of carboxylic acids is 1. The van der Waals surface area contributed by atoms with Crippen molar-refractivity contribution in [3.05, 3.63) is 65.2 Å². The van der Waals surface area contributed by atoms with Crippen molar-refractivity contribution in [2.24, 2.45) is 0 Å². The number of carbonyl (C=O) groups is 1. The van der Waals surface area contributed by atoms with E-state index in [0.717, 1.165) is 16.9 Å². The van der Waals surface area contributed by atoms with Gasteiger partial charge in [0.15, 0.2) is 0 Å². The van der Waals surface area contributed by atoms with Gasteiger partial charge in [0.25, 0.3) is 0 Å². The van der Waals surface area contributed by atoms with E-state index >= 15 is 0 Å². The Morgan fingerprint density at radius 1 is 1.28 bits per heavy atom. The van der Waals surface area contributed by atoms with E-state index in [9.17, 15) is 14.5 Å². The van der Waals surface area contributed by atoms with Crippen LogP contribution in [0.1, 0.15) is 21.5 Å². The molecule has 0 radical (unpaired) electrons. The first kappa shape index (κ1) is 21.5. The third-order valence-corrected chi connectivity index (χ3v) is 6.14. The highest BCUT2D eigenvalue weighted by Crippen LogP contribution is 2.32. The Morgan fingerprint density at radius 3 is 2.62 bits per heavy atom. The van der Waals surface area contributed by atoms with Gasteiger partial charge in [0.1, 0.15) is 17.2 Å². The molecular weight excluding hydrogens is 393 g/mol. The maximum atomic E-state index is 11.9. The molecule has 0 bridgehead atoms. The summed E-state index contributed by atoms with van der Waals surface area (Å²) < 4.78 is 22.9. The summed E-state index contributed by atoms with van der Waals surface area (Å²) in [6.07, 6.45) is 0.251. The minimum atomic E-state index is -1.48. The van der Waals surface area contributed by atoms with Crippen molar-refractivity contribution in [1.29, 1.82) is 0 Å². The number of hydrogen-bond donors (Lipinski definition) is 3. The van der Waals surface area contributed by atoms with Gasteiger partial charge in [-0.15, -0.1) is 0 Å². The Balaban J connectivity index is 1.59. The molecule has 29 heavy (non-hydrogen) atoms. The smallest absolute Gasteiger partial charge is 0.335 e. The van der Waals surface area contributed by atoms with Crippen LogP contribution in [0.5, 0.6) is 5.75 Å². The SMILES string of the molecule is COc1ccc(CC(O)([PH2]=O)[C@@H]2CN[C@H](Cc3cccc(C(=O)O)c3)CO2)cc1. The molecule has 1 saturated heterocycles. The first-order valence-corrected chi connectivity index (χ1v) is 10.5. The third kappa shape index (κ3) is 5.46. The van der Waals surface area contributed by atoms with Crippen molar-refractivity contribution in [2.75, 3.05) is 20.3 Å². The molecule has 0 aliphatic carbocycles. The van der Waals surface area contributed by atoms with E-state index in [1.807, 2.05) is 18.2 Å². The Morgan fingerprint density at radius 2 is 2.03 bits per heavy atom. The highest BCUT2D eigenvalue weighted by molar-refractivity contribution is 7.25. The fourth-order valence-electron chi connectivity index (χ4n) is 3.49. The lowest BCUT2D eigenvalue weighted by Crippen LogP contribution is -2.55. The number of benzene rings is 2. The van der Waals surface area contributed by atoms with Crippen molar-refractivity contribution in [2.45, 2.75) is 30.3 Å². The standard InChI is InChI=1S/C21H26NO6P/c1-27-18-7-5-14(6-8-18)11-21(25,29-26)19-12-22-17(13-28-19)10-15-3-2-4-16(9-15)20(23)24/h2-9,17,19,22,25H,10-13,29H2,1H3,(H,23,24)/t17-,19+,21?/m1/s1. The second kappa shape index (κ2) is 9.55. The summed E-state index contributed by atoms with van der Waals surface area (Å²) in [6, 6.07) is 14.1. The van der Waals surface area contributed by atoms with Gasteiger partial charge in [-0.25, -0.2) is 4.79 Å². The van der Waals surface area contributed by atoms with Gasteiger partial charge in [-0.2, -0.15) is 0 Å². The van der Waals surface area contributed by atoms with Crippen LogP contribution in [-0.4, -0.2) is 53.9 Å². The molecule has 1 heterocycles. The number of nitrogens with one attached hydrogen (secondary N) is 1. The number of aromatic carboxylic acids is 1. The van der Waals surface area contributed by atoms with E-state index in [0.29, 0.717) is 19.6 Å². The highest BCUT2D eigenvalue weighted by atomic mass is 31.1. The number of hydrogen-bond acceptors (Lipinski definition) is 6. The Hall–Kier alpha value is -2.18. The van der Waals surface area contributed by atoms with Gasteiger partial charge >= 0.3 is 5.97 Å². The molecule has 0 saturated carbocycles. The summed E-state index contributed by atoms with van der Waals surface area (Å²) in [5.74, 6) is -0.237. The number of methoxy groups -OCH3 is 1. The number of morpholine rings is 1. The third-order valence-electron chi connectivity index (χ3n) is 5.15. The Bertz CT molecular complexity index is 851. The van der Waals surface area contributed by atoms with Crippen LogP contribution in [0.25, 0.3) is 0 Å². The molecule has 2 aromatic carbocycles. The van der Waals surface area contributed by atoms with Gasteiger partial charge in [0.05, 0.1) is 27.7 Å². The first-order chi connectivity index (χ1) is 13.9. The van der Waals surface area contributed by atoms with E-state index in [2.05, 4.69) is 5.32 Å². The predicted molar refractivity (Wildman–Crippen MR) is 111 cm³/mol. The van der Waals surface area contributed by atoms with Gasteiger partial charge in [-0.3, -0.25) is 0 Å². The van der Waals surface area contributed by atoms with Crippen molar-refractivity contribution < 1.29 is 29.0 Å². The number of carboxylic acid groups (broad SMARTS) is 1. The Labute approximate surface area is 170 Å². The molecule has 2 unspecified atom stereocenters. The summed E-state index contributed by atoms with van der Waals surface area (Å²) in [5.41, 5.74) is 2.00. The van der Waals surface area contributed by atoms with Crippen molar-refractivity contribution in [1.82, 2.24) is 5.32 Å². The quantitative estimate of drug-likeness (QED) is 0.562. The van der Waals surface area contributed by atoms with Crippen molar-refractivity contribution >= 4 is 14.4 Å². The largest absolute Gasteiger partial charge is 0.497 e. The first-order valence-electron chi connectivity index (χ1n) is 9.42. The maximum Gasteiger partial charge on any atom is 0.335 e. The molecule has 4 atom stereocenters. The molecule has 3 rings (SSSR count). The summed E-state index contributed by atoms with van der Waals surface area (Å²) in [6.45, 7) is 0.706. The molecule has 1 fully saturated rings. The molecule has 8 heteroatoms. The minimum Gasteiger partial charge on any atom is -0.497 e. The van der Waals surface area contributed by atoms with Gasteiger partial charge in [-0.1, -0.05) is 24.3 Å². The van der Waals surface area contributed by atoms with Crippen LogP contribution in [0.15, 0.2) is 48.5 Å². The number of aliphatic hydroxyl groups is 1. The van der Waals surface area contributed by atoms with Gasteiger partial charge in [-0.05, 0) is 41.8 Å². The van der Waals surface area contributed by atoms with Gasteiger partial charge in [0.2, 0.25) is 0 Å². The van der Waals surface area contributed by atoms with Crippen LogP contribution in [-0.2, 0) is 22.1 Å². The lowest BCUT2D eigenvalue weighted by molar-refractivity contribution is -0.0845. The monoisotopic (exact) mass is 419 g/mol. The zero-order valence-corrected chi connectivity index (χ0v) is 17.4. The maximum absolute atomic E-state index is 11.9. The van der Waals surface area contributed by atoms with E-state index < -0.39 is 25.9 Å². The molecule has 7 nitrogen and oxygen atoms in total. The summed E-state index contributed by atoms with van der Waals surface area (Å²) in [5, 5.41) is 22.0. The highest BCUT2D eigenvalue weighted by Gasteiger charge is 2.39. The second-order valence-corrected chi connectivity index (χ2v) is 8.51. The second-order valence-electron chi connectivity index (χ2n) is 7.27.